The summed E-state index contributed by atoms with van der Waals surface area (Å²) in [6.07, 6.45) is 1.59. The summed E-state index contributed by atoms with van der Waals surface area (Å²) in [4.78, 5) is 38.6. The third-order valence-electron chi connectivity index (χ3n) is 5.91. The second-order valence-corrected chi connectivity index (χ2v) is 10.3. The van der Waals surface area contributed by atoms with Gasteiger partial charge in [-0.1, -0.05) is 48.5 Å². The molecule has 0 spiro atoms. The number of rotatable bonds is 9. The number of fused-ring (bicyclic) bond motifs is 3. The van der Waals surface area contributed by atoms with Gasteiger partial charge in [-0.25, -0.2) is 4.79 Å². The van der Waals surface area contributed by atoms with Gasteiger partial charge in [0.2, 0.25) is 5.91 Å². The largest absolute Gasteiger partial charge is 0.480 e. The predicted molar refractivity (Wildman–Crippen MR) is 134 cm³/mol. The fourth-order valence-electron chi connectivity index (χ4n) is 4.24. The topological polar surface area (TPSA) is 95.9 Å². The highest BCUT2D eigenvalue weighted by Crippen LogP contribution is 2.44. The Labute approximate surface area is 204 Å². The molecular weight excluding hydrogens is 452 g/mol. The molecule has 2 aromatic rings. The lowest BCUT2D eigenvalue weighted by molar-refractivity contribution is -0.149. The van der Waals surface area contributed by atoms with E-state index in [1.807, 2.05) is 42.7 Å². The van der Waals surface area contributed by atoms with Crippen molar-refractivity contribution in [2.45, 2.75) is 44.7 Å². The van der Waals surface area contributed by atoms with Crippen LogP contribution in [-0.4, -0.2) is 64.7 Å². The number of carboxylic acid groups (broad SMARTS) is 1. The van der Waals surface area contributed by atoms with Crippen LogP contribution >= 0.6 is 11.8 Å². The summed E-state index contributed by atoms with van der Waals surface area (Å²) in [7, 11) is 0. The van der Waals surface area contributed by atoms with E-state index in [-0.39, 0.29) is 12.5 Å². The molecule has 0 fully saturated rings. The maximum absolute atomic E-state index is 13.2. The van der Waals surface area contributed by atoms with Crippen molar-refractivity contribution >= 4 is 29.7 Å². The first-order chi connectivity index (χ1) is 16.1. The molecular formula is C26H32N2O5S. The van der Waals surface area contributed by atoms with E-state index in [4.69, 9.17) is 4.74 Å². The Balaban J connectivity index is 1.72. The number of alkyl carbamates (subject to hydrolysis) is 1. The highest BCUT2D eigenvalue weighted by Gasteiger charge is 2.35. The van der Waals surface area contributed by atoms with Crippen LogP contribution in [0.25, 0.3) is 11.1 Å². The molecule has 2 aromatic carbocycles. The van der Waals surface area contributed by atoms with Crippen molar-refractivity contribution in [1.82, 2.24) is 10.2 Å². The summed E-state index contributed by atoms with van der Waals surface area (Å²) in [6.45, 7) is 5.01. The second kappa shape index (κ2) is 11.0. The van der Waals surface area contributed by atoms with E-state index in [1.54, 1.807) is 32.5 Å². The summed E-state index contributed by atoms with van der Waals surface area (Å²) in [6, 6.07) is 15.3. The van der Waals surface area contributed by atoms with Gasteiger partial charge in [0.1, 0.15) is 19.2 Å². The Hall–Kier alpha value is -3.00. The Morgan fingerprint density at radius 1 is 1.06 bits per heavy atom. The van der Waals surface area contributed by atoms with Crippen LogP contribution in [0.15, 0.2) is 48.5 Å². The zero-order chi connectivity index (χ0) is 24.9. The van der Waals surface area contributed by atoms with E-state index >= 15 is 0 Å². The van der Waals surface area contributed by atoms with Crippen molar-refractivity contribution in [2.24, 2.45) is 0 Å². The third-order valence-corrected chi connectivity index (χ3v) is 6.56. The smallest absolute Gasteiger partial charge is 0.407 e. The van der Waals surface area contributed by atoms with Crippen molar-refractivity contribution in [3.05, 3.63) is 59.7 Å². The maximum Gasteiger partial charge on any atom is 0.407 e. The number of carboxylic acids is 1. The second-order valence-electron chi connectivity index (χ2n) is 9.29. The average Bonchev–Trinajstić information content (AvgIpc) is 3.11. The first-order valence-electron chi connectivity index (χ1n) is 11.3. The lowest BCUT2D eigenvalue weighted by Crippen LogP contribution is -2.56. The number of aliphatic carboxylic acids is 1. The Bertz CT molecular complexity index is 1000. The fourth-order valence-corrected chi connectivity index (χ4v) is 4.72. The van der Waals surface area contributed by atoms with Crippen LogP contribution in [0.2, 0.25) is 0 Å². The van der Waals surface area contributed by atoms with Crippen LogP contribution in [0, 0.1) is 0 Å². The number of ether oxygens (including phenoxy) is 1. The number of thioether (sulfide) groups is 1. The molecule has 1 aliphatic rings. The number of hydrogen-bond donors (Lipinski definition) is 2. The number of nitrogens with one attached hydrogen (secondary N) is 1. The van der Waals surface area contributed by atoms with Gasteiger partial charge >= 0.3 is 12.1 Å². The summed E-state index contributed by atoms with van der Waals surface area (Å²) in [5.74, 6) is -0.993. The quantitative estimate of drug-likeness (QED) is 0.549. The molecule has 0 radical (unpaired) electrons. The highest BCUT2D eigenvalue weighted by atomic mass is 32.2. The summed E-state index contributed by atoms with van der Waals surface area (Å²) in [5.41, 5.74) is 3.76. The molecule has 0 bridgehead atoms. The van der Waals surface area contributed by atoms with Gasteiger partial charge in [-0.05, 0) is 61.5 Å². The molecule has 8 heteroatoms. The van der Waals surface area contributed by atoms with Crippen LogP contribution < -0.4 is 5.32 Å². The molecule has 2 N–H and O–H groups in total. The molecule has 0 heterocycles. The highest BCUT2D eigenvalue weighted by molar-refractivity contribution is 7.98. The minimum Gasteiger partial charge on any atom is -0.480 e. The molecule has 0 aliphatic heterocycles. The van der Waals surface area contributed by atoms with Crippen LogP contribution in [0.3, 0.4) is 0 Å². The molecule has 7 nitrogen and oxygen atoms in total. The van der Waals surface area contributed by atoms with Crippen molar-refractivity contribution in [1.29, 1.82) is 0 Å². The van der Waals surface area contributed by atoms with E-state index in [0.717, 1.165) is 22.3 Å². The van der Waals surface area contributed by atoms with E-state index in [9.17, 15) is 19.5 Å². The van der Waals surface area contributed by atoms with Gasteiger partial charge in [-0.15, -0.1) is 0 Å². The van der Waals surface area contributed by atoms with E-state index < -0.39 is 36.1 Å². The Morgan fingerprint density at radius 2 is 1.62 bits per heavy atom. The summed E-state index contributed by atoms with van der Waals surface area (Å²) >= 11 is 1.55. The zero-order valence-corrected chi connectivity index (χ0v) is 20.9. The number of carbonyl (C=O) groups excluding carboxylic acids is 2. The van der Waals surface area contributed by atoms with Gasteiger partial charge in [0.15, 0.2) is 0 Å². The van der Waals surface area contributed by atoms with Crippen LogP contribution in [0.5, 0.6) is 0 Å². The third kappa shape index (κ3) is 5.91. The fraction of sp³-hybridized carbons (Fsp3) is 0.423. The van der Waals surface area contributed by atoms with Gasteiger partial charge in [0.25, 0.3) is 0 Å². The standard InChI is InChI=1S/C26H32N2O5S/c1-26(2,3)28(15-23(29)30)24(31)22(13-14-34-4)27-25(32)33-16-21-19-11-7-5-9-17(19)18-10-6-8-12-20(18)21/h5-12,21-22H,13-16H2,1-4H3,(H,27,32)(H,29,30)/t22-/m1/s1. The van der Waals surface area contributed by atoms with E-state index in [0.29, 0.717) is 12.2 Å². The van der Waals surface area contributed by atoms with Crippen molar-refractivity contribution in [3.8, 4) is 11.1 Å². The van der Waals surface area contributed by atoms with Crippen molar-refractivity contribution in [2.75, 3.05) is 25.2 Å². The Kier molecular flexibility index (Phi) is 8.25. The lowest BCUT2D eigenvalue weighted by atomic mass is 9.98. The van der Waals surface area contributed by atoms with Gasteiger partial charge in [0, 0.05) is 11.5 Å². The van der Waals surface area contributed by atoms with Gasteiger partial charge < -0.3 is 20.1 Å². The molecule has 0 saturated carbocycles. The molecule has 182 valence electrons. The molecule has 34 heavy (non-hydrogen) atoms. The van der Waals surface area contributed by atoms with Crippen molar-refractivity contribution in [3.63, 3.8) is 0 Å². The SMILES string of the molecule is CSCC[C@@H](NC(=O)OCC1c2ccccc2-c2ccccc21)C(=O)N(CC(=O)O)C(C)(C)C. The summed E-state index contributed by atoms with van der Waals surface area (Å²) in [5, 5.41) is 12.0. The summed E-state index contributed by atoms with van der Waals surface area (Å²) < 4.78 is 5.60. The molecule has 2 amide bonds. The number of amides is 2. The van der Waals surface area contributed by atoms with Crippen LogP contribution in [0.4, 0.5) is 4.79 Å². The molecule has 1 atom stereocenters. The number of carbonyl (C=O) groups is 3. The zero-order valence-electron chi connectivity index (χ0n) is 20.0. The van der Waals surface area contributed by atoms with Crippen LogP contribution in [0.1, 0.15) is 44.2 Å². The number of hydrogen-bond acceptors (Lipinski definition) is 5. The predicted octanol–water partition coefficient (Wildman–Crippen LogP) is 4.36. The van der Waals surface area contributed by atoms with Crippen molar-refractivity contribution < 1.29 is 24.2 Å². The van der Waals surface area contributed by atoms with Gasteiger partial charge in [-0.3, -0.25) is 9.59 Å². The Morgan fingerprint density at radius 3 is 2.12 bits per heavy atom. The van der Waals surface area contributed by atoms with E-state index in [2.05, 4.69) is 17.4 Å². The molecule has 1 aliphatic carbocycles. The first-order valence-corrected chi connectivity index (χ1v) is 12.7. The molecule has 0 saturated heterocycles. The molecule has 3 rings (SSSR count). The van der Waals surface area contributed by atoms with E-state index in [1.165, 1.54) is 4.90 Å². The number of nitrogens with zero attached hydrogens (tertiary/aromatic N) is 1. The molecule has 0 unspecified atom stereocenters. The van der Waals surface area contributed by atoms with Crippen LogP contribution in [-0.2, 0) is 14.3 Å². The monoisotopic (exact) mass is 484 g/mol. The average molecular weight is 485 g/mol. The molecule has 0 aromatic heterocycles. The normalized spacial score (nSPS) is 13.5. The minimum absolute atomic E-state index is 0.0865. The number of benzene rings is 2. The minimum atomic E-state index is -1.10. The van der Waals surface area contributed by atoms with Gasteiger partial charge in [0.05, 0.1) is 0 Å². The maximum atomic E-state index is 13.2. The first kappa shape index (κ1) is 25.6. The lowest BCUT2D eigenvalue weighted by Gasteiger charge is -2.37. The van der Waals surface area contributed by atoms with Gasteiger partial charge in [-0.2, -0.15) is 11.8 Å².